The Morgan fingerprint density at radius 1 is 1.06 bits per heavy atom. The molecule has 3 aromatic heterocycles. The van der Waals surface area contributed by atoms with Crippen molar-refractivity contribution in [2.75, 3.05) is 5.32 Å². The van der Waals surface area contributed by atoms with E-state index in [1.807, 2.05) is 44.4 Å². The molecule has 34 heavy (non-hydrogen) atoms. The summed E-state index contributed by atoms with van der Waals surface area (Å²) >= 11 is 12.5. The number of hydrogen-bond acceptors (Lipinski definition) is 5. The molecule has 0 spiro atoms. The fourth-order valence-corrected chi connectivity index (χ4v) is 4.31. The summed E-state index contributed by atoms with van der Waals surface area (Å²) < 4.78 is 3.29. The van der Waals surface area contributed by atoms with Crippen LogP contribution in [0.1, 0.15) is 21.6 Å². The van der Waals surface area contributed by atoms with Crippen LogP contribution in [0.2, 0.25) is 10.0 Å². The van der Waals surface area contributed by atoms with Gasteiger partial charge in [0.15, 0.2) is 0 Å². The number of carbonyl (C=O) groups is 1. The van der Waals surface area contributed by atoms with Crippen molar-refractivity contribution in [3.63, 3.8) is 0 Å². The van der Waals surface area contributed by atoms with Gasteiger partial charge in [-0.3, -0.25) is 14.8 Å². The highest BCUT2D eigenvalue weighted by Crippen LogP contribution is 2.27. The van der Waals surface area contributed by atoms with Crippen LogP contribution in [-0.2, 0) is 13.6 Å². The SMILES string of the molecule is Cc1nn(C)cc1-c1cc(C(=O)Nc2ncn(Cc3c(Cl)cccc3Cl)n2)c2ccccc2n1. The number of benzene rings is 2. The van der Waals surface area contributed by atoms with Crippen LogP contribution in [0.3, 0.4) is 0 Å². The zero-order chi connectivity index (χ0) is 23.8. The molecule has 170 valence electrons. The van der Waals surface area contributed by atoms with Gasteiger partial charge in [0.1, 0.15) is 6.33 Å². The van der Waals surface area contributed by atoms with Crippen LogP contribution in [0, 0.1) is 6.92 Å². The van der Waals surface area contributed by atoms with E-state index in [0.29, 0.717) is 33.4 Å². The van der Waals surface area contributed by atoms with Crippen LogP contribution in [0.4, 0.5) is 5.95 Å². The van der Waals surface area contributed by atoms with E-state index in [0.717, 1.165) is 22.2 Å². The molecule has 2 aromatic carbocycles. The first-order valence-electron chi connectivity index (χ1n) is 10.4. The zero-order valence-electron chi connectivity index (χ0n) is 18.3. The van der Waals surface area contributed by atoms with E-state index in [1.54, 1.807) is 33.6 Å². The lowest BCUT2D eigenvalue weighted by Crippen LogP contribution is -2.14. The van der Waals surface area contributed by atoms with Crippen molar-refractivity contribution in [1.82, 2.24) is 29.5 Å². The molecule has 0 saturated heterocycles. The Morgan fingerprint density at radius 3 is 2.56 bits per heavy atom. The molecule has 0 bridgehead atoms. The molecule has 8 nitrogen and oxygen atoms in total. The maximum Gasteiger partial charge on any atom is 0.258 e. The summed E-state index contributed by atoms with van der Waals surface area (Å²) in [6.07, 6.45) is 3.40. The Kier molecular flexibility index (Phi) is 5.77. The third-order valence-corrected chi connectivity index (χ3v) is 6.10. The number of para-hydroxylation sites is 1. The average Bonchev–Trinajstić information content (AvgIpc) is 3.40. The number of aromatic nitrogens is 6. The Bertz CT molecular complexity index is 1520. The standard InChI is InChI=1S/C24H19Cl2N7O/c1-14-17(11-32(2)30-14)22-10-16(15-6-3-4-9-21(15)28-22)23(34)29-24-27-13-33(31-24)12-18-19(25)7-5-8-20(18)26/h3-11,13H,12H2,1-2H3,(H,29,31,34). The monoisotopic (exact) mass is 491 g/mol. The molecule has 3 heterocycles. The number of hydrogen-bond donors (Lipinski definition) is 1. The van der Waals surface area contributed by atoms with E-state index in [9.17, 15) is 4.79 Å². The molecule has 0 aliphatic rings. The van der Waals surface area contributed by atoms with Crippen LogP contribution < -0.4 is 5.32 Å². The molecular formula is C24H19Cl2N7O. The molecule has 5 aromatic rings. The summed E-state index contributed by atoms with van der Waals surface area (Å²) in [6, 6.07) is 14.6. The van der Waals surface area contributed by atoms with Gasteiger partial charge < -0.3 is 0 Å². The Hall–Kier alpha value is -3.75. The van der Waals surface area contributed by atoms with Gasteiger partial charge in [-0.25, -0.2) is 14.6 Å². The van der Waals surface area contributed by atoms with Crippen molar-refractivity contribution in [3.8, 4) is 11.3 Å². The van der Waals surface area contributed by atoms with E-state index in [2.05, 4.69) is 20.5 Å². The Morgan fingerprint density at radius 2 is 1.82 bits per heavy atom. The van der Waals surface area contributed by atoms with Gasteiger partial charge in [-0.05, 0) is 31.2 Å². The maximum atomic E-state index is 13.3. The highest BCUT2D eigenvalue weighted by molar-refractivity contribution is 6.36. The van der Waals surface area contributed by atoms with E-state index >= 15 is 0 Å². The van der Waals surface area contributed by atoms with E-state index < -0.39 is 0 Å². The van der Waals surface area contributed by atoms with Gasteiger partial charge in [-0.2, -0.15) is 5.10 Å². The lowest BCUT2D eigenvalue weighted by molar-refractivity contribution is 0.102. The summed E-state index contributed by atoms with van der Waals surface area (Å²) in [5.41, 5.74) is 4.26. The second kappa shape index (κ2) is 8.89. The van der Waals surface area contributed by atoms with Crippen molar-refractivity contribution in [2.24, 2.45) is 7.05 Å². The second-order valence-electron chi connectivity index (χ2n) is 7.79. The molecule has 0 aliphatic heterocycles. The second-order valence-corrected chi connectivity index (χ2v) is 8.61. The van der Waals surface area contributed by atoms with Crippen LogP contribution in [0.5, 0.6) is 0 Å². The molecule has 1 N–H and O–H groups in total. The quantitative estimate of drug-likeness (QED) is 0.367. The minimum Gasteiger partial charge on any atom is -0.289 e. The molecule has 10 heteroatoms. The van der Waals surface area contributed by atoms with Crippen LogP contribution >= 0.6 is 23.2 Å². The summed E-state index contributed by atoms with van der Waals surface area (Å²) in [5, 5.41) is 13.3. The van der Waals surface area contributed by atoms with Gasteiger partial charge in [0.25, 0.3) is 5.91 Å². The smallest absolute Gasteiger partial charge is 0.258 e. The van der Waals surface area contributed by atoms with Crippen LogP contribution in [-0.4, -0.2) is 35.4 Å². The maximum absolute atomic E-state index is 13.3. The molecule has 0 aliphatic carbocycles. The van der Waals surface area contributed by atoms with Crippen molar-refractivity contribution in [3.05, 3.63) is 87.9 Å². The summed E-state index contributed by atoms with van der Waals surface area (Å²) in [4.78, 5) is 22.2. The molecule has 0 radical (unpaired) electrons. The number of rotatable bonds is 5. The summed E-state index contributed by atoms with van der Waals surface area (Å²) in [5.74, 6) is -0.164. The molecule has 0 unspecified atom stereocenters. The van der Waals surface area contributed by atoms with Gasteiger partial charge in [0.05, 0.1) is 29.0 Å². The van der Waals surface area contributed by atoms with Gasteiger partial charge in [0.2, 0.25) is 5.95 Å². The van der Waals surface area contributed by atoms with E-state index in [1.165, 1.54) is 6.33 Å². The molecule has 1 amide bonds. The summed E-state index contributed by atoms with van der Waals surface area (Å²) in [6.45, 7) is 2.23. The van der Waals surface area contributed by atoms with Crippen molar-refractivity contribution in [1.29, 1.82) is 0 Å². The topological polar surface area (TPSA) is 90.5 Å². The first-order chi connectivity index (χ1) is 16.4. The third kappa shape index (κ3) is 4.25. The lowest BCUT2D eigenvalue weighted by Gasteiger charge is -2.09. The first-order valence-corrected chi connectivity index (χ1v) is 11.2. The zero-order valence-corrected chi connectivity index (χ0v) is 19.8. The largest absolute Gasteiger partial charge is 0.289 e. The van der Waals surface area contributed by atoms with E-state index in [-0.39, 0.29) is 11.9 Å². The predicted molar refractivity (Wildman–Crippen MR) is 132 cm³/mol. The van der Waals surface area contributed by atoms with Gasteiger partial charge in [-0.15, -0.1) is 5.10 Å². The number of amides is 1. The van der Waals surface area contributed by atoms with Crippen LogP contribution in [0.15, 0.2) is 61.1 Å². The van der Waals surface area contributed by atoms with Gasteiger partial charge >= 0.3 is 0 Å². The number of fused-ring (bicyclic) bond motifs is 1. The fourth-order valence-electron chi connectivity index (χ4n) is 3.79. The van der Waals surface area contributed by atoms with Crippen molar-refractivity contribution < 1.29 is 4.79 Å². The highest BCUT2D eigenvalue weighted by atomic mass is 35.5. The van der Waals surface area contributed by atoms with Crippen molar-refractivity contribution in [2.45, 2.75) is 13.5 Å². The third-order valence-electron chi connectivity index (χ3n) is 5.39. The normalized spacial score (nSPS) is 11.2. The van der Waals surface area contributed by atoms with Gasteiger partial charge in [-0.1, -0.05) is 47.5 Å². The number of carbonyl (C=O) groups excluding carboxylic acids is 1. The number of nitrogens with one attached hydrogen (secondary N) is 1. The summed E-state index contributed by atoms with van der Waals surface area (Å²) in [7, 11) is 1.85. The molecule has 0 fully saturated rings. The number of aryl methyl sites for hydroxylation is 2. The van der Waals surface area contributed by atoms with Crippen molar-refractivity contribution >= 4 is 46.0 Å². The molecule has 5 rings (SSSR count). The van der Waals surface area contributed by atoms with E-state index in [4.69, 9.17) is 28.2 Å². The molecule has 0 saturated carbocycles. The number of nitrogens with zero attached hydrogens (tertiary/aromatic N) is 6. The Labute approximate surface area is 205 Å². The Balaban J connectivity index is 1.46. The minimum atomic E-state index is -0.338. The number of anilines is 1. The highest BCUT2D eigenvalue weighted by Gasteiger charge is 2.18. The number of pyridine rings is 1. The molecule has 0 atom stereocenters. The fraction of sp³-hybridized carbons (Fsp3) is 0.125. The average molecular weight is 492 g/mol. The number of halogens is 2. The first kappa shape index (κ1) is 22.1. The molecular weight excluding hydrogens is 473 g/mol. The van der Waals surface area contributed by atoms with Crippen LogP contribution in [0.25, 0.3) is 22.2 Å². The van der Waals surface area contributed by atoms with Gasteiger partial charge in [0, 0.05) is 39.8 Å². The predicted octanol–water partition coefficient (Wildman–Crippen LogP) is 5.14. The lowest BCUT2D eigenvalue weighted by atomic mass is 10.0. The minimum absolute atomic E-state index is 0.174.